The lowest BCUT2D eigenvalue weighted by atomic mass is 10.2. The highest BCUT2D eigenvalue weighted by Gasteiger charge is 2.20. The standard InChI is InChI=1S/C18H17N3O5S/c1-12(25-16(22)11-27-15-5-3-4-10-21(15)23)17-19-20-18(26-17)13-6-8-14(24-2)9-7-13/h3-10,12H,11H2,1-2H3/t12-/m0/s1. The Kier molecular flexibility index (Phi) is 5.92. The number of hydrogen-bond donors (Lipinski definition) is 0. The highest BCUT2D eigenvalue weighted by atomic mass is 32.2. The first kappa shape index (κ1) is 18.7. The van der Waals surface area contributed by atoms with Gasteiger partial charge in [0.15, 0.2) is 12.3 Å². The van der Waals surface area contributed by atoms with Crippen LogP contribution in [0.4, 0.5) is 0 Å². The summed E-state index contributed by atoms with van der Waals surface area (Å²) in [4.78, 5) is 12.0. The molecular formula is C18H17N3O5S. The molecule has 0 fully saturated rings. The van der Waals surface area contributed by atoms with Crippen molar-refractivity contribution in [2.24, 2.45) is 0 Å². The van der Waals surface area contributed by atoms with Gasteiger partial charge in [-0.05, 0) is 49.0 Å². The molecule has 27 heavy (non-hydrogen) atoms. The number of thioether (sulfide) groups is 1. The quantitative estimate of drug-likeness (QED) is 0.264. The number of carbonyl (C=O) groups is 1. The Bertz CT molecular complexity index is 913. The maximum atomic E-state index is 12.0. The molecule has 2 aromatic heterocycles. The van der Waals surface area contributed by atoms with Crippen LogP contribution in [0.15, 0.2) is 58.1 Å². The lowest BCUT2D eigenvalue weighted by Gasteiger charge is -2.09. The molecule has 3 aromatic rings. The summed E-state index contributed by atoms with van der Waals surface area (Å²) in [6.45, 7) is 1.64. The van der Waals surface area contributed by atoms with Crippen LogP contribution < -0.4 is 9.47 Å². The zero-order chi connectivity index (χ0) is 19.2. The molecule has 8 nitrogen and oxygen atoms in total. The topological polar surface area (TPSA) is 101 Å². The molecule has 2 heterocycles. The van der Waals surface area contributed by atoms with Gasteiger partial charge in [-0.1, -0.05) is 0 Å². The molecule has 9 heteroatoms. The van der Waals surface area contributed by atoms with Crippen LogP contribution in [0.25, 0.3) is 11.5 Å². The molecule has 0 aliphatic rings. The highest BCUT2D eigenvalue weighted by Crippen LogP contribution is 2.24. The summed E-state index contributed by atoms with van der Waals surface area (Å²) >= 11 is 1.10. The van der Waals surface area contributed by atoms with E-state index in [1.807, 2.05) is 0 Å². The molecule has 0 spiro atoms. The van der Waals surface area contributed by atoms with Gasteiger partial charge in [-0.2, -0.15) is 4.73 Å². The molecule has 0 bridgehead atoms. The molecule has 0 aliphatic carbocycles. The molecule has 1 atom stereocenters. The number of rotatable bonds is 7. The van der Waals surface area contributed by atoms with Crippen LogP contribution in [0.3, 0.4) is 0 Å². The maximum Gasteiger partial charge on any atom is 0.317 e. The largest absolute Gasteiger partial charge is 0.618 e. The van der Waals surface area contributed by atoms with Gasteiger partial charge in [0.2, 0.25) is 5.89 Å². The van der Waals surface area contributed by atoms with Gasteiger partial charge in [0.1, 0.15) is 11.5 Å². The van der Waals surface area contributed by atoms with Gasteiger partial charge in [0.25, 0.3) is 10.9 Å². The number of esters is 1. The SMILES string of the molecule is COc1ccc(-c2nnc([C@H](C)OC(=O)CSc3cccc[n+]3[O-])o2)cc1. The predicted molar refractivity (Wildman–Crippen MR) is 96.9 cm³/mol. The van der Waals surface area contributed by atoms with Gasteiger partial charge in [-0.15, -0.1) is 10.2 Å². The average Bonchev–Trinajstić information content (AvgIpc) is 3.18. The van der Waals surface area contributed by atoms with Crippen molar-refractivity contribution in [3.63, 3.8) is 0 Å². The zero-order valence-corrected chi connectivity index (χ0v) is 15.5. The minimum Gasteiger partial charge on any atom is -0.618 e. The van der Waals surface area contributed by atoms with Gasteiger partial charge < -0.3 is 19.1 Å². The van der Waals surface area contributed by atoms with Gasteiger partial charge in [-0.3, -0.25) is 4.79 Å². The van der Waals surface area contributed by atoms with Gasteiger partial charge >= 0.3 is 5.97 Å². The monoisotopic (exact) mass is 387 g/mol. The third-order valence-corrected chi connectivity index (χ3v) is 4.55. The second kappa shape index (κ2) is 8.54. The molecule has 0 N–H and O–H groups in total. The van der Waals surface area contributed by atoms with E-state index in [0.29, 0.717) is 15.6 Å². The third kappa shape index (κ3) is 4.76. The molecule has 1 aromatic carbocycles. The van der Waals surface area contributed by atoms with Crippen LogP contribution >= 0.6 is 11.8 Å². The minimum absolute atomic E-state index is 0.00390. The Labute approximate surface area is 159 Å². The zero-order valence-electron chi connectivity index (χ0n) is 14.7. The van der Waals surface area contributed by atoms with Gasteiger partial charge in [0.05, 0.1) is 7.11 Å². The van der Waals surface area contributed by atoms with Crippen LogP contribution in [-0.2, 0) is 9.53 Å². The van der Waals surface area contributed by atoms with Crippen molar-refractivity contribution < 1.29 is 23.4 Å². The van der Waals surface area contributed by atoms with E-state index in [4.69, 9.17) is 13.9 Å². The molecule has 3 rings (SSSR count). The van der Waals surface area contributed by atoms with Crippen LogP contribution in [0, 0.1) is 5.21 Å². The van der Waals surface area contributed by atoms with E-state index in [-0.39, 0.29) is 11.6 Å². The van der Waals surface area contributed by atoms with Crippen molar-refractivity contribution in [1.82, 2.24) is 10.2 Å². The molecule has 140 valence electrons. The first-order valence-corrected chi connectivity index (χ1v) is 9.03. The number of nitrogens with zero attached hydrogens (tertiary/aromatic N) is 3. The molecule has 0 radical (unpaired) electrons. The lowest BCUT2D eigenvalue weighted by Crippen LogP contribution is -2.28. The number of carbonyl (C=O) groups excluding carboxylic acids is 1. The summed E-state index contributed by atoms with van der Waals surface area (Å²) in [5, 5.41) is 19.9. The van der Waals surface area contributed by atoms with Crippen molar-refractivity contribution in [3.8, 4) is 17.2 Å². The van der Waals surface area contributed by atoms with Crippen molar-refractivity contribution >= 4 is 17.7 Å². The van der Waals surface area contributed by atoms with Crippen LogP contribution in [-0.4, -0.2) is 29.0 Å². The Morgan fingerprint density at radius 3 is 2.74 bits per heavy atom. The van der Waals surface area contributed by atoms with Crippen molar-refractivity contribution in [1.29, 1.82) is 0 Å². The second-order valence-corrected chi connectivity index (χ2v) is 6.46. The Morgan fingerprint density at radius 1 is 1.26 bits per heavy atom. The number of pyridine rings is 1. The van der Waals surface area contributed by atoms with E-state index in [2.05, 4.69) is 10.2 Å². The number of hydrogen-bond acceptors (Lipinski definition) is 8. The Hall–Kier alpha value is -3.07. The summed E-state index contributed by atoms with van der Waals surface area (Å²) in [6.07, 6.45) is 0.669. The van der Waals surface area contributed by atoms with E-state index >= 15 is 0 Å². The fourth-order valence-corrected chi connectivity index (χ4v) is 2.88. The third-order valence-electron chi connectivity index (χ3n) is 3.56. The summed E-state index contributed by atoms with van der Waals surface area (Å²) in [5.41, 5.74) is 0.729. The minimum atomic E-state index is -0.701. The van der Waals surface area contributed by atoms with Crippen LogP contribution in [0.1, 0.15) is 18.9 Å². The fraction of sp³-hybridized carbons (Fsp3) is 0.222. The van der Waals surface area contributed by atoms with Gasteiger partial charge in [-0.25, -0.2) is 0 Å². The van der Waals surface area contributed by atoms with Crippen molar-refractivity contribution in [3.05, 3.63) is 59.8 Å². The highest BCUT2D eigenvalue weighted by molar-refractivity contribution is 7.99. The number of ether oxygens (including phenoxy) is 2. The molecule has 0 saturated heterocycles. The average molecular weight is 387 g/mol. The van der Waals surface area contributed by atoms with E-state index in [1.54, 1.807) is 56.5 Å². The number of benzene rings is 1. The lowest BCUT2D eigenvalue weighted by molar-refractivity contribution is -0.645. The Morgan fingerprint density at radius 2 is 2.04 bits per heavy atom. The predicted octanol–water partition coefficient (Wildman–Crippen LogP) is 2.78. The first-order chi connectivity index (χ1) is 13.1. The van der Waals surface area contributed by atoms with E-state index in [0.717, 1.165) is 23.1 Å². The van der Waals surface area contributed by atoms with E-state index < -0.39 is 12.1 Å². The second-order valence-electron chi connectivity index (χ2n) is 5.46. The fourth-order valence-electron chi connectivity index (χ4n) is 2.19. The van der Waals surface area contributed by atoms with E-state index in [9.17, 15) is 10.0 Å². The van der Waals surface area contributed by atoms with Crippen LogP contribution in [0.2, 0.25) is 0 Å². The maximum absolute atomic E-state index is 12.0. The van der Waals surface area contributed by atoms with Gasteiger partial charge in [0, 0.05) is 17.7 Å². The molecule has 0 amide bonds. The summed E-state index contributed by atoms with van der Waals surface area (Å²) in [6, 6.07) is 12.1. The Balaban J connectivity index is 1.57. The smallest absolute Gasteiger partial charge is 0.317 e. The normalized spacial score (nSPS) is 11.8. The van der Waals surface area contributed by atoms with E-state index in [1.165, 1.54) is 6.20 Å². The molecular weight excluding hydrogens is 370 g/mol. The number of aromatic nitrogens is 3. The number of methoxy groups -OCH3 is 1. The summed E-state index contributed by atoms with van der Waals surface area (Å²) in [5.74, 6) is 0.742. The molecule has 0 unspecified atom stereocenters. The summed E-state index contributed by atoms with van der Waals surface area (Å²) < 4.78 is 16.7. The van der Waals surface area contributed by atoms with Crippen molar-refractivity contribution in [2.45, 2.75) is 18.1 Å². The summed E-state index contributed by atoms with van der Waals surface area (Å²) in [7, 11) is 1.59. The van der Waals surface area contributed by atoms with Crippen LogP contribution in [0.5, 0.6) is 5.75 Å². The first-order valence-electron chi connectivity index (χ1n) is 8.05. The molecule has 0 aliphatic heterocycles. The molecule has 0 saturated carbocycles. The van der Waals surface area contributed by atoms with Crippen molar-refractivity contribution in [2.75, 3.05) is 12.9 Å².